The maximum absolute atomic E-state index is 5.27. The first kappa shape index (κ1) is 8.51. The zero-order valence-corrected chi connectivity index (χ0v) is 8.71. The van der Waals surface area contributed by atoms with Gasteiger partial charge in [-0.15, -0.1) is 0 Å². The van der Waals surface area contributed by atoms with E-state index in [0.717, 1.165) is 21.1 Å². The molecule has 0 atom stereocenters. The Kier molecular flexibility index (Phi) is 2.19. The number of ether oxygens (including phenoxy) is 1. The molecule has 3 heteroatoms. The number of benzene rings is 1. The number of hydrogen-bond acceptors (Lipinski definition) is 2. The molecule has 1 aromatic carbocycles. The van der Waals surface area contributed by atoms with Crippen LogP contribution in [0.3, 0.4) is 0 Å². The SMILES string of the molecule is COc1c(Br)cnc2ccccc12. The lowest BCUT2D eigenvalue weighted by Gasteiger charge is -2.05. The molecule has 66 valence electrons. The van der Waals surface area contributed by atoms with Gasteiger partial charge < -0.3 is 4.74 Å². The van der Waals surface area contributed by atoms with Crippen LogP contribution in [0.4, 0.5) is 0 Å². The van der Waals surface area contributed by atoms with Crippen molar-refractivity contribution in [3.05, 3.63) is 34.9 Å². The van der Waals surface area contributed by atoms with E-state index in [-0.39, 0.29) is 0 Å². The van der Waals surface area contributed by atoms with Gasteiger partial charge in [0, 0.05) is 11.6 Å². The van der Waals surface area contributed by atoms with Gasteiger partial charge in [-0.25, -0.2) is 0 Å². The zero-order chi connectivity index (χ0) is 9.26. The first-order valence-corrected chi connectivity index (χ1v) is 4.69. The Labute approximate surface area is 84.7 Å². The van der Waals surface area contributed by atoms with Gasteiger partial charge in [0.1, 0.15) is 5.75 Å². The first-order valence-electron chi connectivity index (χ1n) is 3.90. The largest absolute Gasteiger partial charge is 0.495 e. The number of fused-ring (bicyclic) bond motifs is 1. The lowest BCUT2D eigenvalue weighted by atomic mass is 10.2. The molecular formula is C10H8BrNO. The normalized spacial score (nSPS) is 10.3. The lowest BCUT2D eigenvalue weighted by molar-refractivity contribution is 0.417. The van der Waals surface area contributed by atoms with Crippen LogP contribution in [-0.4, -0.2) is 12.1 Å². The van der Waals surface area contributed by atoms with Gasteiger partial charge in [0.25, 0.3) is 0 Å². The minimum Gasteiger partial charge on any atom is -0.495 e. The lowest BCUT2D eigenvalue weighted by Crippen LogP contribution is -1.88. The van der Waals surface area contributed by atoms with Crippen molar-refractivity contribution in [3.63, 3.8) is 0 Å². The summed E-state index contributed by atoms with van der Waals surface area (Å²) in [6.45, 7) is 0. The van der Waals surface area contributed by atoms with Crippen molar-refractivity contribution < 1.29 is 4.74 Å². The second-order valence-corrected chi connectivity index (χ2v) is 3.51. The highest BCUT2D eigenvalue weighted by atomic mass is 79.9. The molecule has 0 bridgehead atoms. The second-order valence-electron chi connectivity index (χ2n) is 2.66. The molecule has 0 amide bonds. The van der Waals surface area contributed by atoms with Crippen LogP contribution in [0, 0.1) is 0 Å². The molecule has 0 aliphatic heterocycles. The Morgan fingerprint density at radius 1 is 1.31 bits per heavy atom. The van der Waals surface area contributed by atoms with Crippen molar-refractivity contribution in [1.29, 1.82) is 0 Å². The van der Waals surface area contributed by atoms with Gasteiger partial charge in [0.05, 0.1) is 17.1 Å². The van der Waals surface area contributed by atoms with Crippen LogP contribution < -0.4 is 4.74 Å². The second kappa shape index (κ2) is 3.34. The van der Waals surface area contributed by atoms with Crippen molar-refractivity contribution in [1.82, 2.24) is 4.98 Å². The molecule has 1 heterocycles. The Hall–Kier alpha value is -1.09. The fourth-order valence-electron chi connectivity index (χ4n) is 1.30. The Bertz CT molecular complexity index is 442. The van der Waals surface area contributed by atoms with Crippen molar-refractivity contribution in [2.45, 2.75) is 0 Å². The van der Waals surface area contributed by atoms with E-state index in [2.05, 4.69) is 20.9 Å². The minimum absolute atomic E-state index is 0.839. The van der Waals surface area contributed by atoms with E-state index in [0.29, 0.717) is 0 Å². The summed E-state index contributed by atoms with van der Waals surface area (Å²) in [6.07, 6.45) is 1.75. The fourth-order valence-corrected chi connectivity index (χ4v) is 1.78. The highest BCUT2D eigenvalue weighted by Gasteiger charge is 2.05. The van der Waals surface area contributed by atoms with Gasteiger partial charge in [-0.05, 0) is 28.1 Å². The zero-order valence-electron chi connectivity index (χ0n) is 7.12. The third-order valence-corrected chi connectivity index (χ3v) is 2.45. The molecule has 13 heavy (non-hydrogen) atoms. The summed E-state index contributed by atoms with van der Waals surface area (Å²) in [7, 11) is 1.66. The highest BCUT2D eigenvalue weighted by molar-refractivity contribution is 9.10. The van der Waals surface area contributed by atoms with Crippen molar-refractivity contribution in [2.24, 2.45) is 0 Å². The van der Waals surface area contributed by atoms with E-state index in [1.807, 2.05) is 24.3 Å². The van der Waals surface area contributed by atoms with Crippen LogP contribution in [0.15, 0.2) is 34.9 Å². The summed E-state index contributed by atoms with van der Waals surface area (Å²) in [6, 6.07) is 7.89. The summed E-state index contributed by atoms with van der Waals surface area (Å²) >= 11 is 3.39. The molecule has 0 fully saturated rings. The molecular weight excluding hydrogens is 230 g/mol. The molecule has 0 saturated carbocycles. The Morgan fingerprint density at radius 2 is 2.08 bits per heavy atom. The summed E-state index contributed by atoms with van der Waals surface area (Å²) in [5.74, 6) is 0.839. The quantitative estimate of drug-likeness (QED) is 0.761. The van der Waals surface area contributed by atoms with Gasteiger partial charge in [-0.2, -0.15) is 0 Å². The number of pyridine rings is 1. The minimum atomic E-state index is 0.839. The van der Waals surface area contributed by atoms with Crippen LogP contribution in [0.1, 0.15) is 0 Å². The van der Waals surface area contributed by atoms with E-state index >= 15 is 0 Å². The maximum Gasteiger partial charge on any atom is 0.143 e. The third-order valence-electron chi connectivity index (χ3n) is 1.89. The van der Waals surface area contributed by atoms with Crippen molar-refractivity contribution in [3.8, 4) is 5.75 Å². The molecule has 2 aromatic rings. The molecule has 0 unspecified atom stereocenters. The summed E-state index contributed by atoms with van der Waals surface area (Å²) in [5.41, 5.74) is 0.947. The third kappa shape index (κ3) is 1.40. The van der Waals surface area contributed by atoms with E-state index in [9.17, 15) is 0 Å². The number of halogens is 1. The number of hydrogen-bond donors (Lipinski definition) is 0. The molecule has 1 aromatic heterocycles. The monoisotopic (exact) mass is 237 g/mol. The van der Waals surface area contributed by atoms with Crippen molar-refractivity contribution in [2.75, 3.05) is 7.11 Å². The van der Waals surface area contributed by atoms with Gasteiger partial charge in [0.15, 0.2) is 0 Å². The summed E-state index contributed by atoms with van der Waals surface area (Å²) < 4.78 is 6.15. The van der Waals surface area contributed by atoms with Gasteiger partial charge in [-0.1, -0.05) is 12.1 Å². The van der Waals surface area contributed by atoms with Gasteiger partial charge >= 0.3 is 0 Å². The number of aromatic nitrogens is 1. The standard InChI is InChI=1S/C10H8BrNO/c1-13-10-7-4-2-3-5-9(7)12-6-8(10)11/h2-6H,1H3. The predicted molar refractivity (Wildman–Crippen MR) is 56.0 cm³/mol. The van der Waals surface area contributed by atoms with Crippen LogP contribution in [0.25, 0.3) is 10.9 Å². The number of rotatable bonds is 1. The van der Waals surface area contributed by atoms with E-state index in [4.69, 9.17) is 4.74 Å². The molecule has 0 aliphatic carbocycles. The summed E-state index contributed by atoms with van der Waals surface area (Å²) in [5, 5.41) is 1.03. The van der Waals surface area contributed by atoms with Crippen LogP contribution in [0.5, 0.6) is 5.75 Å². The molecule has 0 saturated heterocycles. The molecule has 2 rings (SSSR count). The predicted octanol–water partition coefficient (Wildman–Crippen LogP) is 3.01. The molecule has 0 radical (unpaired) electrons. The van der Waals surface area contributed by atoms with Crippen LogP contribution >= 0.6 is 15.9 Å². The van der Waals surface area contributed by atoms with Crippen LogP contribution in [0.2, 0.25) is 0 Å². The average molecular weight is 238 g/mol. The van der Waals surface area contributed by atoms with Crippen molar-refractivity contribution >= 4 is 26.8 Å². The first-order chi connectivity index (χ1) is 6.33. The topological polar surface area (TPSA) is 22.1 Å². The van der Waals surface area contributed by atoms with E-state index in [1.54, 1.807) is 13.3 Å². The average Bonchev–Trinajstić information content (AvgIpc) is 2.18. The summed E-state index contributed by atoms with van der Waals surface area (Å²) in [4.78, 5) is 4.26. The van der Waals surface area contributed by atoms with Crippen LogP contribution in [-0.2, 0) is 0 Å². The number of methoxy groups -OCH3 is 1. The molecule has 0 spiro atoms. The Balaban J connectivity index is 2.84. The Morgan fingerprint density at radius 3 is 2.85 bits per heavy atom. The molecule has 2 nitrogen and oxygen atoms in total. The fraction of sp³-hybridized carbons (Fsp3) is 0.100. The molecule has 0 aliphatic rings. The van der Waals surface area contributed by atoms with E-state index < -0.39 is 0 Å². The van der Waals surface area contributed by atoms with Gasteiger partial charge in [-0.3, -0.25) is 4.98 Å². The van der Waals surface area contributed by atoms with E-state index in [1.165, 1.54) is 0 Å². The smallest absolute Gasteiger partial charge is 0.143 e. The van der Waals surface area contributed by atoms with Gasteiger partial charge in [0.2, 0.25) is 0 Å². The number of para-hydroxylation sites is 1. The number of nitrogens with zero attached hydrogens (tertiary/aromatic N) is 1. The molecule has 0 N–H and O–H groups in total. The highest BCUT2D eigenvalue weighted by Crippen LogP contribution is 2.31. The maximum atomic E-state index is 5.27.